The smallest absolute Gasteiger partial charge is 0.119 e. The first-order chi connectivity index (χ1) is 8.25. The van der Waals surface area contributed by atoms with E-state index in [0.29, 0.717) is 6.04 Å². The van der Waals surface area contributed by atoms with Crippen molar-refractivity contribution in [3.05, 3.63) is 29.3 Å². The Morgan fingerprint density at radius 1 is 1.18 bits per heavy atom. The lowest BCUT2D eigenvalue weighted by Gasteiger charge is -2.17. The van der Waals surface area contributed by atoms with E-state index in [1.165, 1.54) is 36.8 Å². The molecule has 2 rings (SSSR count). The molecule has 0 atom stereocenters. The molecule has 1 aromatic rings. The van der Waals surface area contributed by atoms with Crippen LogP contribution < -0.4 is 10.1 Å². The molecule has 1 aliphatic carbocycles. The molecular weight excluding hydrogens is 210 g/mol. The number of fused-ring (bicyclic) bond motifs is 1. The highest BCUT2D eigenvalue weighted by atomic mass is 16.5. The predicted molar refractivity (Wildman–Crippen MR) is 71.7 cm³/mol. The summed E-state index contributed by atoms with van der Waals surface area (Å²) in [4.78, 5) is 0. The molecule has 0 bridgehead atoms. The Morgan fingerprint density at radius 2 is 1.94 bits per heavy atom. The molecule has 0 fully saturated rings. The van der Waals surface area contributed by atoms with Gasteiger partial charge in [-0.1, -0.05) is 19.9 Å². The number of ether oxygens (including phenoxy) is 1. The van der Waals surface area contributed by atoms with E-state index in [9.17, 15) is 0 Å². The summed E-state index contributed by atoms with van der Waals surface area (Å²) in [6, 6.07) is 7.10. The number of rotatable bonds is 5. The van der Waals surface area contributed by atoms with Crippen LogP contribution in [0.3, 0.4) is 0 Å². The lowest BCUT2D eigenvalue weighted by molar-refractivity contribution is 0.308. The monoisotopic (exact) mass is 233 g/mol. The van der Waals surface area contributed by atoms with Crippen LogP contribution in [0.25, 0.3) is 0 Å². The number of aryl methyl sites for hydroxylation is 2. The van der Waals surface area contributed by atoms with Crippen LogP contribution in [0.2, 0.25) is 0 Å². The minimum atomic E-state index is 0.530. The summed E-state index contributed by atoms with van der Waals surface area (Å²) in [5, 5.41) is 3.35. The highest BCUT2D eigenvalue weighted by Gasteiger charge is 2.09. The van der Waals surface area contributed by atoms with Crippen LogP contribution in [0.1, 0.15) is 37.8 Å². The Kier molecular flexibility index (Phi) is 4.43. The van der Waals surface area contributed by atoms with Gasteiger partial charge in [-0.15, -0.1) is 0 Å². The van der Waals surface area contributed by atoms with Crippen molar-refractivity contribution in [3.63, 3.8) is 0 Å². The van der Waals surface area contributed by atoms with Gasteiger partial charge in [-0.2, -0.15) is 0 Å². The van der Waals surface area contributed by atoms with E-state index >= 15 is 0 Å². The summed E-state index contributed by atoms with van der Waals surface area (Å²) in [5.74, 6) is 1.02. The molecule has 0 radical (unpaired) electrons. The van der Waals surface area contributed by atoms with Crippen molar-refractivity contribution in [2.45, 2.75) is 45.6 Å². The summed E-state index contributed by atoms with van der Waals surface area (Å²) >= 11 is 0. The summed E-state index contributed by atoms with van der Waals surface area (Å²) < 4.78 is 5.76. The van der Waals surface area contributed by atoms with Crippen LogP contribution in [-0.4, -0.2) is 19.2 Å². The van der Waals surface area contributed by atoms with Crippen LogP contribution in [0.4, 0.5) is 0 Å². The van der Waals surface area contributed by atoms with Crippen molar-refractivity contribution in [2.24, 2.45) is 0 Å². The number of nitrogens with one attached hydrogen (secondary N) is 1. The number of hydrogen-bond acceptors (Lipinski definition) is 2. The fourth-order valence-corrected chi connectivity index (χ4v) is 2.32. The number of benzene rings is 1. The van der Waals surface area contributed by atoms with Crippen LogP contribution in [0, 0.1) is 0 Å². The minimum Gasteiger partial charge on any atom is -0.492 e. The predicted octanol–water partition coefficient (Wildman–Crippen LogP) is 2.94. The normalized spacial score (nSPS) is 14.8. The average Bonchev–Trinajstić information content (AvgIpc) is 2.34. The Labute approximate surface area is 104 Å². The van der Waals surface area contributed by atoms with Gasteiger partial charge in [-0.05, 0) is 48.9 Å². The van der Waals surface area contributed by atoms with Gasteiger partial charge < -0.3 is 10.1 Å². The van der Waals surface area contributed by atoms with Gasteiger partial charge in [0.1, 0.15) is 12.4 Å². The summed E-state index contributed by atoms with van der Waals surface area (Å²) in [6.45, 7) is 5.96. The molecule has 0 saturated heterocycles. The van der Waals surface area contributed by atoms with E-state index in [1.807, 2.05) is 0 Å². The second-order valence-corrected chi connectivity index (χ2v) is 5.09. The largest absolute Gasteiger partial charge is 0.492 e. The Morgan fingerprint density at radius 3 is 2.71 bits per heavy atom. The average molecular weight is 233 g/mol. The van der Waals surface area contributed by atoms with Gasteiger partial charge in [0.2, 0.25) is 0 Å². The van der Waals surface area contributed by atoms with Gasteiger partial charge in [0.05, 0.1) is 0 Å². The highest BCUT2D eigenvalue weighted by molar-refractivity contribution is 5.37. The first-order valence-electron chi connectivity index (χ1n) is 6.73. The lowest BCUT2D eigenvalue weighted by atomic mass is 9.92. The molecular formula is C15H23NO. The van der Waals surface area contributed by atoms with Gasteiger partial charge in [0.15, 0.2) is 0 Å². The minimum absolute atomic E-state index is 0.530. The van der Waals surface area contributed by atoms with E-state index in [1.54, 1.807) is 0 Å². The van der Waals surface area contributed by atoms with Crippen molar-refractivity contribution in [2.75, 3.05) is 13.2 Å². The number of hydrogen-bond donors (Lipinski definition) is 1. The molecule has 2 nitrogen and oxygen atoms in total. The molecule has 1 N–H and O–H groups in total. The second-order valence-electron chi connectivity index (χ2n) is 5.09. The second kappa shape index (κ2) is 6.06. The van der Waals surface area contributed by atoms with Crippen LogP contribution in [0.15, 0.2) is 18.2 Å². The zero-order valence-electron chi connectivity index (χ0n) is 11.0. The third-order valence-electron chi connectivity index (χ3n) is 3.24. The van der Waals surface area contributed by atoms with E-state index < -0.39 is 0 Å². The fraction of sp³-hybridized carbons (Fsp3) is 0.600. The van der Waals surface area contributed by atoms with E-state index in [4.69, 9.17) is 4.74 Å². The molecule has 0 amide bonds. The van der Waals surface area contributed by atoms with E-state index in [-0.39, 0.29) is 0 Å². The lowest BCUT2D eigenvalue weighted by Crippen LogP contribution is -2.27. The standard InChI is InChI=1S/C15H23NO/c1-12(2)16-9-10-17-15-8-7-13-5-3-4-6-14(13)11-15/h7-8,11-12,16H,3-6,9-10H2,1-2H3. The van der Waals surface area contributed by atoms with Crippen molar-refractivity contribution in [3.8, 4) is 5.75 Å². The SMILES string of the molecule is CC(C)NCCOc1ccc2c(c1)CCCC2. The van der Waals surface area contributed by atoms with Crippen LogP contribution in [0.5, 0.6) is 5.75 Å². The molecule has 0 spiro atoms. The first-order valence-corrected chi connectivity index (χ1v) is 6.73. The topological polar surface area (TPSA) is 21.3 Å². The zero-order valence-corrected chi connectivity index (χ0v) is 11.0. The maximum absolute atomic E-state index is 5.76. The quantitative estimate of drug-likeness (QED) is 0.790. The van der Waals surface area contributed by atoms with E-state index in [0.717, 1.165) is 18.9 Å². The zero-order chi connectivity index (χ0) is 12.1. The molecule has 1 aromatic carbocycles. The van der Waals surface area contributed by atoms with Crippen LogP contribution >= 0.6 is 0 Å². The Hall–Kier alpha value is -1.02. The van der Waals surface area contributed by atoms with Gasteiger partial charge in [0, 0.05) is 12.6 Å². The van der Waals surface area contributed by atoms with Gasteiger partial charge in [-0.3, -0.25) is 0 Å². The first kappa shape index (κ1) is 12.4. The maximum atomic E-state index is 5.76. The van der Waals surface area contributed by atoms with Crippen molar-refractivity contribution in [1.29, 1.82) is 0 Å². The van der Waals surface area contributed by atoms with Gasteiger partial charge in [-0.25, -0.2) is 0 Å². The Bertz CT molecular complexity index is 360. The third-order valence-corrected chi connectivity index (χ3v) is 3.24. The molecule has 94 valence electrons. The molecule has 0 aromatic heterocycles. The maximum Gasteiger partial charge on any atom is 0.119 e. The van der Waals surface area contributed by atoms with Crippen molar-refractivity contribution in [1.82, 2.24) is 5.32 Å². The molecule has 0 heterocycles. The summed E-state index contributed by atoms with van der Waals surface area (Å²) in [6.07, 6.45) is 5.12. The molecule has 0 saturated carbocycles. The van der Waals surface area contributed by atoms with E-state index in [2.05, 4.69) is 37.4 Å². The fourth-order valence-electron chi connectivity index (χ4n) is 2.32. The molecule has 1 aliphatic rings. The van der Waals surface area contributed by atoms with Crippen molar-refractivity contribution >= 4 is 0 Å². The van der Waals surface area contributed by atoms with Gasteiger partial charge >= 0.3 is 0 Å². The Balaban J connectivity index is 1.85. The third kappa shape index (κ3) is 3.74. The molecule has 0 unspecified atom stereocenters. The van der Waals surface area contributed by atoms with Crippen LogP contribution in [-0.2, 0) is 12.8 Å². The highest BCUT2D eigenvalue weighted by Crippen LogP contribution is 2.25. The molecule has 17 heavy (non-hydrogen) atoms. The summed E-state index contributed by atoms with van der Waals surface area (Å²) in [5.41, 5.74) is 3.01. The van der Waals surface area contributed by atoms with Crippen molar-refractivity contribution < 1.29 is 4.74 Å². The van der Waals surface area contributed by atoms with Gasteiger partial charge in [0.25, 0.3) is 0 Å². The molecule has 2 heteroatoms. The molecule has 0 aliphatic heterocycles. The summed E-state index contributed by atoms with van der Waals surface area (Å²) in [7, 11) is 0.